The summed E-state index contributed by atoms with van der Waals surface area (Å²) in [4.78, 5) is 0. The van der Waals surface area contributed by atoms with E-state index in [0.29, 0.717) is 23.7 Å². The Kier molecular flexibility index (Phi) is 5.82. The maximum Gasteiger partial charge on any atom is 0.0992 e. The van der Waals surface area contributed by atoms with Gasteiger partial charge in [0, 0.05) is 44.2 Å². The molecule has 0 atom stereocenters. The van der Waals surface area contributed by atoms with Crippen molar-refractivity contribution in [2.75, 3.05) is 20.3 Å². The first-order chi connectivity index (χ1) is 10.2. The van der Waals surface area contributed by atoms with Crippen LogP contribution in [0.5, 0.6) is 0 Å². The lowest BCUT2D eigenvalue weighted by atomic mass is 10.1. The smallest absolute Gasteiger partial charge is 0.0992 e. The Morgan fingerprint density at radius 2 is 2.24 bits per heavy atom. The van der Waals surface area contributed by atoms with Crippen molar-refractivity contribution in [2.45, 2.75) is 13.1 Å². The van der Waals surface area contributed by atoms with Crippen molar-refractivity contribution in [1.82, 2.24) is 9.88 Å². The maximum absolute atomic E-state index is 8.84. The molecule has 0 unspecified atom stereocenters. The van der Waals surface area contributed by atoms with Crippen molar-refractivity contribution in [1.29, 1.82) is 5.26 Å². The number of ether oxygens (including phenoxy) is 1. The van der Waals surface area contributed by atoms with E-state index < -0.39 is 0 Å². The average Bonchev–Trinajstić information content (AvgIpc) is 2.93. The number of rotatable bonds is 7. The molecule has 0 radical (unpaired) electrons. The fourth-order valence-electron chi connectivity index (χ4n) is 2.04. The first-order valence-corrected chi connectivity index (χ1v) is 7.13. The minimum absolute atomic E-state index is 0.583. The summed E-state index contributed by atoms with van der Waals surface area (Å²) in [6, 6.07) is 9.56. The Hall–Kier alpha value is -1.80. The number of nitrogens with zero attached hydrogens (tertiary/aromatic N) is 2. The topological polar surface area (TPSA) is 50.0 Å². The quantitative estimate of drug-likeness (QED) is 0.800. The van der Waals surface area contributed by atoms with Gasteiger partial charge < -0.3 is 14.6 Å². The van der Waals surface area contributed by atoms with Crippen LogP contribution in [0.1, 0.15) is 16.7 Å². The van der Waals surface area contributed by atoms with Gasteiger partial charge in [-0.15, -0.1) is 0 Å². The summed E-state index contributed by atoms with van der Waals surface area (Å²) >= 11 is 6.19. The zero-order valence-corrected chi connectivity index (χ0v) is 12.7. The van der Waals surface area contributed by atoms with E-state index in [1.807, 2.05) is 12.3 Å². The molecule has 4 nitrogen and oxygen atoms in total. The van der Waals surface area contributed by atoms with Crippen molar-refractivity contribution in [3.8, 4) is 6.07 Å². The van der Waals surface area contributed by atoms with E-state index in [4.69, 9.17) is 21.6 Å². The van der Waals surface area contributed by atoms with Gasteiger partial charge in [-0.2, -0.15) is 5.26 Å². The second-order valence-electron chi connectivity index (χ2n) is 4.78. The number of hydrogen-bond donors (Lipinski definition) is 1. The highest BCUT2D eigenvalue weighted by Crippen LogP contribution is 2.19. The molecule has 1 N–H and O–H groups in total. The molecule has 0 aliphatic heterocycles. The molecule has 0 aliphatic rings. The lowest BCUT2D eigenvalue weighted by molar-refractivity contribution is 0.199. The van der Waals surface area contributed by atoms with Crippen LogP contribution < -0.4 is 5.32 Å². The van der Waals surface area contributed by atoms with E-state index >= 15 is 0 Å². The van der Waals surface area contributed by atoms with E-state index in [-0.39, 0.29) is 0 Å². The van der Waals surface area contributed by atoms with Gasteiger partial charge in [0.05, 0.1) is 18.2 Å². The van der Waals surface area contributed by atoms with E-state index in [1.165, 1.54) is 5.56 Å². The normalized spacial score (nSPS) is 10.5. The molecule has 0 spiro atoms. The molecule has 2 rings (SSSR count). The molecule has 5 heteroatoms. The molecule has 110 valence electrons. The number of methoxy groups -OCH3 is 1. The highest BCUT2D eigenvalue weighted by Gasteiger charge is 2.04. The number of halogens is 1. The first kappa shape index (κ1) is 15.6. The average molecular weight is 304 g/mol. The lowest BCUT2D eigenvalue weighted by Crippen LogP contribution is -2.18. The molecule has 21 heavy (non-hydrogen) atoms. The van der Waals surface area contributed by atoms with Crippen LogP contribution >= 0.6 is 11.6 Å². The summed E-state index contributed by atoms with van der Waals surface area (Å²) in [7, 11) is 1.69. The van der Waals surface area contributed by atoms with Crippen LogP contribution in [-0.4, -0.2) is 24.8 Å². The van der Waals surface area contributed by atoms with Gasteiger partial charge in [-0.3, -0.25) is 0 Å². The van der Waals surface area contributed by atoms with E-state index in [0.717, 1.165) is 18.7 Å². The van der Waals surface area contributed by atoms with Crippen LogP contribution in [0.3, 0.4) is 0 Å². The summed E-state index contributed by atoms with van der Waals surface area (Å²) in [5.41, 5.74) is 2.81. The van der Waals surface area contributed by atoms with Crippen LogP contribution in [0.4, 0.5) is 0 Å². The molecule has 0 amide bonds. The number of aromatic nitrogens is 1. The Morgan fingerprint density at radius 3 is 2.95 bits per heavy atom. The highest BCUT2D eigenvalue weighted by atomic mass is 35.5. The fraction of sp³-hybridized carbons (Fsp3) is 0.312. The predicted octanol–water partition coefficient (Wildman–Crippen LogP) is 2.80. The summed E-state index contributed by atoms with van der Waals surface area (Å²) in [5.74, 6) is 0. The third-order valence-corrected chi connectivity index (χ3v) is 3.51. The molecule has 1 aromatic heterocycles. The Bertz CT molecular complexity index is 631. The van der Waals surface area contributed by atoms with Gasteiger partial charge in [-0.05, 0) is 29.3 Å². The number of nitriles is 1. The molecule has 0 bridgehead atoms. The molecule has 0 aliphatic carbocycles. The largest absolute Gasteiger partial charge is 0.383 e. The van der Waals surface area contributed by atoms with Gasteiger partial charge in [-0.25, -0.2) is 0 Å². The fourth-order valence-corrected chi connectivity index (χ4v) is 2.28. The van der Waals surface area contributed by atoms with Crippen molar-refractivity contribution in [3.05, 3.63) is 58.4 Å². The number of benzene rings is 1. The zero-order chi connectivity index (χ0) is 15.1. The van der Waals surface area contributed by atoms with Crippen LogP contribution in [0, 0.1) is 11.3 Å². The third-order valence-electron chi connectivity index (χ3n) is 3.16. The summed E-state index contributed by atoms with van der Waals surface area (Å²) < 4.78 is 7.07. The standard InChI is InChI=1S/C16H18ClN3O/c1-21-7-5-19-10-14-4-6-20(11-14)12-15-3-2-13(9-18)8-16(15)17/h2-4,6,8,11,19H,5,7,10,12H2,1H3. The third kappa shape index (κ3) is 4.61. The maximum atomic E-state index is 8.84. The molecular formula is C16H18ClN3O. The monoisotopic (exact) mass is 303 g/mol. The Balaban J connectivity index is 1.95. The summed E-state index contributed by atoms with van der Waals surface area (Å²) in [6.07, 6.45) is 4.12. The minimum atomic E-state index is 0.583. The first-order valence-electron chi connectivity index (χ1n) is 6.76. The van der Waals surface area contributed by atoms with Crippen molar-refractivity contribution in [2.24, 2.45) is 0 Å². The van der Waals surface area contributed by atoms with E-state index in [2.05, 4.69) is 28.2 Å². The predicted molar refractivity (Wildman–Crippen MR) is 83.3 cm³/mol. The number of hydrogen-bond acceptors (Lipinski definition) is 3. The minimum Gasteiger partial charge on any atom is -0.383 e. The Labute approximate surface area is 129 Å². The molecule has 0 saturated carbocycles. The van der Waals surface area contributed by atoms with Crippen molar-refractivity contribution < 1.29 is 4.74 Å². The second kappa shape index (κ2) is 7.84. The zero-order valence-electron chi connectivity index (χ0n) is 12.0. The van der Waals surface area contributed by atoms with Gasteiger partial charge in [0.25, 0.3) is 0 Å². The van der Waals surface area contributed by atoms with Gasteiger partial charge in [0.1, 0.15) is 0 Å². The van der Waals surface area contributed by atoms with Gasteiger partial charge >= 0.3 is 0 Å². The van der Waals surface area contributed by atoms with Crippen LogP contribution in [-0.2, 0) is 17.8 Å². The van der Waals surface area contributed by atoms with Gasteiger partial charge in [-0.1, -0.05) is 17.7 Å². The van der Waals surface area contributed by atoms with Crippen LogP contribution in [0.15, 0.2) is 36.7 Å². The van der Waals surface area contributed by atoms with E-state index in [1.54, 1.807) is 19.2 Å². The lowest BCUT2D eigenvalue weighted by Gasteiger charge is -2.06. The van der Waals surface area contributed by atoms with Crippen molar-refractivity contribution >= 4 is 11.6 Å². The van der Waals surface area contributed by atoms with E-state index in [9.17, 15) is 0 Å². The van der Waals surface area contributed by atoms with Crippen molar-refractivity contribution in [3.63, 3.8) is 0 Å². The Morgan fingerprint density at radius 1 is 1.38 bits per heavy atom. The molecular weight excluding hydrogens is 286 g/mol. The highest BCUT2D eigenvalue weighted by molar-refractivity contribution is 6.31. The molecule has 0 saturated heterocycles. The van der Waals surface area contributed by atoms with Crippen LogP contribution in [0.2, 0.25) is 5.02 Å². The summed E-state index contributed by atoms with van der Waals surface area (Å²) in [5, 5.41) is 12.8. The van der Waals surface area contributed by atoms with Gasteiger partial charge in [0.2, 0.25) is 0 Å². The molecule has 0 fully saturated rings. The molecule has 2 aromatic rings. The van der Waals surface area contributed by atoms with Crippen LogP contribution in [0.25, 0.3) is 0 Å². The van der Waals surface area contributed by atoms with Gasteiger partial charge in [0.15, 0.2) is 0 Å². The molecule has 1 aromatic carbocycles. The number of nitrogens with one attached hydrogen (secondary N) is 1. The summed E-state index contributed by atoms with van der Waals surface area (Å²) in [6.45, 7) is 3.06. The second-order valence-corrected chi connectivity index (χ2v) is 5.19. The molecule has 1 heterocycles. The SMILES string of the molecule is COCCNCc1ccn(Cc2ccc(C#N)cc2Cl)c1.